The minimum atomic E-state index is -0.0374. The third-order valence-corrected chi connectivity index (χ3v) is 3.69. The largest absolute Gasteiger partial charge is 0.388 e. The fraction of sp³-hybridized carbons (Fsp3) is 0.462. The van der Waals surface area contributed by atoms with Crippen LogP contribution in [0, 0.1) is 0 Å². The molecular formula is C13H20N2OS. The average Bonchev–Trinajstić information content (AvgIpc) is 2.42. The Morgan fingerprint density at radius 3 is 2.47 bits per heavy atom. The number of hydrogen-bond donors (Lipinski definition) is 2. The van der Waals surface area contributed by atoms with Gasteiger partial charge in [-0.1, -0.05) is 26.0 Å². The first-order valence-electron chi connectivity index (χ1n) is 5.98. The Hall–Kier alpha value is -1.16. The smallest absolute Gasteiger partial charge is 0.237 e. The van der Waals surface area contributed by atoms with Crippen molar-refractivity contribution in [2.24, 2.45) is 0 Å². The molecule has 0 radical (unpaired) electrons. The van der Waals surface area contributed by atoms with Crippen molar-refractivity contribution in [1.29, 1.82) is 0 Å². The molecule has 0 spiro atoms. The van der Waals surface area contributed by atoms with Gasteiger partial charge in [-0.3, -0.25) is 4.79 Å². The van der Waals surface area contributed by atoms with Gasteiger partial charge in [-0.15, -0.1) is 11.8 Å². The Bertz CT molecular complexity index is 351. The molecule has 1 atom stereocenters. The van der Waals surface area contributed by atoms with Crippen LogP contribution in [0.2, 0.25) is 0 Å². The highest BCUT2D eigenvalue weighted by Gasteiger charge is 2.23. The van der Waals surface area contributed by atoms with Crippen LogP contribution in [0.4, 0.5) is 5.69 Å². The fourth-order valence-electron chi connectivity index (χ4n) is 1.59. The summed E-state index contributed by atoms with van der Waals surface area (Å²) in [6, 6.07) is 8.01. The van der Waals surface area contributed by atoms with Crippen LogP contribution in [0.25, 0.3) is 0 Å². The van der Waals surface area contributed by atoms with Gasteiger partial charge in [0.1, 0.15) is 5.25 Å². The SMILES string of the molecule is CC.CNc1ccc(C2SCCNC2=O)cc1. The van der Waals surface area contributed by atoms with Gasteiger partial charge in [-0.05, 0) is 17.7 Å². The highest BCUT2D eigenvalue weighted by Crippen LogP contribution is 2.31. The maximum absolute atomic E-state index is 11.6. The number of thioether (sulfide) groups is 1. The predicted molar refractivity (Wildman–Crippen MR) is 75.5 cm³/mol. The van der Waals surface area contributed by atoms with Crippen molar-refractivity contribution in [3.63, 3.8) is 0 Å². The van der Waals surface area contributed by atoms with Gasteiger partial charge in [0.25, 0.3) is 0 Å². The van der Waals surface area contributed by atoms with E-state index in [2.05, 4.69) is 10.6 Å². The molecule has 2 N–H and O–H groups in total. The van der Waals surface area contributed by atoms with E-state index in [0.717, 1.165) is 23.5 Å². The summed E-state index contributed by atoms with van der Waals surface area (Å²) in [5.41, 5.74) is 2.15. The number of carbonyl (C=O) groups is 1. The van der Waals surface area contributed by atoms with Crippen LogP contribution >= 0.6 is 11.8 Å². The van der Waals surface area contributed by atoms with E-state index in [9.17, 15) is 4.79 Å². The second-order valence-electron chi connectivity index (χ2n) is 3.41. The van der Waals surface area contributed by atoms with Crippen molar-refractivity contribution in [1.82, 2.24) is 5.32 Å². The lowest BCUT2D eigenvalue weighted by atomic mass is 10.1. The second-order valence-corrected chi connectivity index (χ2v) is 4.63. The van der Waals surface area contributed by atoms with Crippen LogP contribution in [0.15, 0.2) is 24.3 Å². The topological polar surface area (TPSA) is 41.1 Å². The molecule has 94 valence electrons. The molecule has 0 saturated carbocycles. The van der Waals surface area contributed by atoms with E-state index in [1.807, 2.05) is 45.2 Å². The van der Waals surface area contributed by atoms with Crippen LogP contribution in [0.5, 0.6) is 0 Å². The van der Waals surface area contributed by atoms with Crippen LogP contribution in [-0.4, -0.2) is 25.3 Å². The summed E-state index contributed by atoms with van der Waals surface area (Å²) >= 11 is 1.71. The molecule has 0 bridgehead atoms. The van der Waals surface area contributed by atoms with E-state index in [1.54, 1.807) is 11.8 Å². The Morgan fingerprint density at radius 2 is 1.94 bits per heavy atom. The fourth-order valence-corrected chi connectivity index (χ4v) is 2.63. The van der Waals surface area contributed by atoms with E-state index in [1.165, 1.54) is 0 Å². The van der Waals surface area contributed by atoms with Crippen molar-refractivity contribution in [2.75, 3.05) is 24.7 Å². The predicted octanol–water partition coefficient (Wildman–Crippen LogP) is 2.66. The summed E-state index contributed by atoms with van der Waals surface area (Å²) < 4.78 is 0. The number of carbonyl (C=O) groups excluding carboxylic acids is 1. The number of nitrogens with one attached hydrogen (secondary N) is 2. The van der Waals surface area contributed by atoms with Crippen LogP contribution in [0.3, 0.4) is 0 Å². The van der Waals surface area contributed by atoms with Gasteiger partial charge in [0.2, 0.25) is 5.91 Å². The van der Waals surface area contributed by atoms with Gasteiger partial charge in [0.05, 0.1) is 0 Å². The van der Waals surface area contributed by atoms with Crippen LogP contribution < -0.4 is 10.6 Å². The molecule has 1 aliphatic rings. The van der Waals surface area contributed by atoms with Crippen LogP contribution in [-0.2, 0) is 4.79 Å². The maximum Gasteiger partial charge on any atom is 0.237 e. The van der Waals surface area contributed by atoms with E-state index < -0.39 is 0 Å². The Labute approximate surface area is 107 Å². The number of amides is 1. The second kappa shape index (κ2) is 7.22. The summed E-state index contributed by atoms with van der Waals surface area (Å²) in [5.74, 6) is 1.12. The van der Waals surface area contributed by atoms with Gasteiger partial charge in [0, 0.05) is 25.0 Å². The Kier molecular flexibility index (Phi) is 5.91. The van der Waals surface area contributed by atoms with E-state index in [0.29, 0.717) is 0 Å². The Morgan fingerprint density at radius 1 is 1.29 bits per heavy atom. The normalized spacial score (nSPS) is 18.8. The molecule has 1 saturated heterocycles. The minimum Gasteiger partial charge on any atom is -0.388 e. The van der Waals surface area contributed by atoms with Gasteiger partial charge in [-0.2, -0.15) is 0 Å². The van der Waals surface area contributed by atoms with Crippen molar-refractivity contribution < 1.29 is 4.79 Å². The number of benzene rings is 1. The molecule has 1 amide bonds. The molecule has 17 heavy (non-hydrogen) atoms. The Balaban J connectivity index is 0.000000686. The lowest BCUT2D eigenvalue weighted by molar-refractivity contribution is -0.120. The summed E-state index contributed by atoms with van der Waals surface area (Å²) in [4.78, 5) is 11.6. The van der Waals surface area contributed by atoms with Crippen molar-refractivity contribution >= 4 is 23.4 Å². The first kappa shape index (κ1) is 13.9. The van der Waals surface area contributed by atoms with Gasteiger partial charge in [-0.25, -0.2) is 0 Å². The molecule has 1 aromatic carbocycles. The summed E-state index contributed by atoms with van der Waals surface area (Å²) in [7, 11) is 1.89. The van der Waals surface area contributed by atoms with Gasteiger partial charge >= 0.3 is 0 Å². The molecule has 0 aliphatic carbocycles. The molecule has 1 aliphatic heterocycles. The molecular weight excluding hydrogens is 232 g/mol. The molecule has 3 nitrogen and oxygen atoms in total. The molecule has 1 fully saturated rings. The van der Waals surface area contributed by atoms with E-state index in [-0.39, 0.29) is 11.2 Å². The number of hydrogen-bond acceptors (Lipinski definition) is 3. The molecule has 1 unspecified atom stereocenters. The molecule has 4 heteroatoms. The van der Waals surface area contributed by atoms with E-state index in [4.69, 9.17) is 0 Å². The minimum absolute atomic E-state index is 0.0374. The summed E-state index contributed by atoms with van der Waals surface area (Å²) in [6.45, 7) is 4.79. The molecule has 1 heterocycles. The number of rotatable bonds is 2. The quantitative estimate of drug-likeness (QED) is 0.850. The lowest BCUT2D eigenvalue weighted by Crippen LogP contribution is -2.34. The number of anilines is 1. The van der Waals surface area contributed by atoms with Crippen LogP contribution in [0.1, 0.15) is 24.7 Å². The van der Waals surface area contributed by atoms with Crippen molar-refractivity contribution in [2.45, 2.75) is 19.1 Å². The third kappa shape index (κ3) is 3.66. The zero-order valence-electron chi connectivity index (χ0n) is 10.6. The highest BCUT2D eigenvalue weighted by molar-refractivity contribution is 8.00. The first-order chi connectivity index (χ1) is 8.31. The highest BCUT2D eigenvalue weighted by atomic mass is 32.2. The van der Waals surface area contributed by atoms with Gasteiger partial charge in [0.15, 0.2) is 0 Å². The summed E-state index contributed by atoms with van der Waals surface area (Å²) in [5, 5.41) is 5.91. The zero-order chi connectivity index (χ0) is 12.7. The zero-order valence-corrected chi connectivity index (χ0v) is 11.4. The molecule has 1 aromatic rings. The summed E-state index contributed by atoms with van der Waals surface area (Å²) in [6.07, 6.45) is 0. The van der Waals surface area contributed by atoms with Gasteiger partial charge < -0.3 is 10.6 Å². The van der Waals surface area contributed by atoms with E-state index >= 15 is 0 Å². The third-order valence-electron chi connectivity index (χ3n) is 2.43. The maximum atomic E-state index is 11.6. The average molecular weight is 252 g/mol. The monoisotopic (exact) mass is 252 g/mol. The van der Waals surface area contributed by atoms with Crippen molar-refractivity contribution in [3.8, 4) is 0 Å². The standard InChI is InChI=1S/C11H14N2OS.C2H6/c1-12-9-4-2-8(3-5-9)10-11(14)13-6-7-15-10;1-2/h2-5,10,12H,6-7H2,1H3,(H,13,14);1-2H3. The molecule has 2 rings (SSSR count). The molecule has 0 aromatic heterocycles. The lowest BCUT2D eigenvalue weighted by Gasteiger charge is -2.21. The van der Waals surface area contributed by atoms with Crippen molar-refractivity contribution in [3.05, 3.63) is 29.8 Å². The first-order valence-corrected chi connectivity index (χ1v) is 7.03.